The Morgan fingerprint density at radius 3 is 2.23 bits per heavy atom. The molecule has 0 aromatic heterocycles. The lowest BCUT2D eigenvalue weighted by atomic mass is 9.86. The molecule has 2 amide bonds. The Kier molecular flexibility index (Phi) is 7.51. The van der Waals surface area contributed by atoms with E-state index in [1.807, 2.05) is 30.3 Å². The topological polar surface area (TPSA) is 58.6 Å². The molecule has 1 N–H and O–H groups in total. The van der Waals surface area contributed by atoms with Gasteiger partial charge in [-0.1, -0.05) is 75.4 Å². The van der Waals surface area contributed by atoms with E-state index in [0.29, 0.717) is 23.6 Å². The van der Waals surface area contributed by atoms with Gasteiger partial charge in [0.2, 0.25) is 5.91 Å². The average Bonchev–Trinajstić information content (AvgIpc) is 3.32. The monoisotopic (exact) mass is 488 g/mol. The van der Waals surface area contributed by atoms with Crippen LogP contribution >= 0.6 is 11.8 Å². The summed E-state index contributed by atoms with van der Waals surface area (Å²) in [4.78, 5) is 28.8. The lowest BCUT2D eigenvalue weighted by Gasteiger charge is -2.30. The third-order valence-corrected chi connectivity index (χ3v) is 7.57. The number of carbonyl (C=O) groups is 2. The number of thioether (sulfide) groups is 1. The second-order valence-corrected chi connectivity index (χ2v) is 10.8. The van der Waals surface area contributed by atoms with Crippen molar-refractivity contribution in [1.82, 2.24) is 10.2 Å². The van der Waals surface area contributed by atoms with Gasteiger partial charge in [-0.3, -0.25) is 9.59 Å². The highest BCUT2D eigenvalue weighted by Gasteiger charge is 2.42. The molecule has 1 heterocycles. The summed E-state index contributed by atoms with van der Waals surface area (Å²) < 4.78 is 5.24. The summed E-state index contributed by atoms with van der Waals surface area (Å²) in [7, 11) is 1.60. The SMILES string of the molecule is COc1ccc(C(=O)N2C(C(=O)NCc3ccccc3)CSC2c2ccc(C(C)(C)C)cc2)cc1. The van der Waals surface area contributed by atoms with Crippen molar-refractivity contribution in [2.45, 2.75) is 44.1 Å². The highest BCUT2D eigenvalue weighted by atomic mass is 32.2. The molecule has 4 rings (SSSR count). The van der Waals surface area contributed by atoms with Crippen LogP contribution in [0.2, 0.25) is 0 Å². The number of rotatable bonds is 6. The summed E-state index contributed by atoms with van der Waals surface area (Å²) in [6.07, 6.45) is 0. The van der Waals surface area contributed by atoms with Crippen molar-refractivity contribution in [2.24, 2.45) is 0 Å². The van der Waals surface area contributed by atoms with Gasteiger partial charge in [0.05, 0.1) is 7.11 Å². The van der Waals surface area contributed by atoms with Gasteiger partial charge >= 0.3 is 0 Å². The van der Waals surface area contributed by atoms with Crippen LogP contribution in [0.1, 0.15) is 53.2 Å². The second kappa shape index (κ2) is 10.6. The van der Waals surface area contributed by atoms with Crippen molar-refractivity contribution < 1.29 is 14.3 Å². The van der Waals surface area contributed by atoms with Crippen LogP contribution in [-0.2, 0) is 16.8 Å². The number of carbonyl (C=O) groups excluding carboxylic acids is 2. The van der Waals surface area contributed by atoms with Gasteiger partial charge in [-0.25, -0.2) is 0 Å². The average molecular weight is 489 g/mol. The molecular formula is C29H32N2O3S. The smallest absolute Gasteiger partial charge is 0.255 e. The van der Waals surface area contributed by atoms with E-state index in [4.69, 9.17) is 4.74 Å². The van der Waals surface area contributed by atoms with Crippen LogP contribution in [0.5, 0.6) is 5.75 Å². The molecule has 1 fully saturated rings. The zero-order valence-electron chi connectivity index (χ0n) is 20.7. The molecule has 1 saturated heterocycles. The van der Waals surface area contributed by atoms with Gasteiger partial charge in [0.25, 0.3) is 5.91 Å². The molecule has 1 aliphatic rings. The van der Waals surface area contributed by atoms with Crippen LogP contribution in [-0.4, -0.2) is 35.6 Å². The summed E-state index contributed by atoms with van der Waals surface area (Å²) >= 11 is 1.63. The van der Waals surface area contributed by atoms with Crippen LogP contribution < -0.4 is 10.1 Å². The first-order valence-corrected chi connectivity index (χ1v) is 12.8. The van der Waals surface area contributed by atoms with Crippen LogP contribution in [0.25, 0.3) is 0 Å². The minimum Gasteiger partial charge on any atom is -0.497 e. The van der Waals surface area contributed by atoms with Crippen LogP contribution in [0.3, 0.4) is 0 Å². The van der Waals surface area contributed by atoms with E-state index in [2.05, 4.69) is 50.4 Å². The van der Waals surface area contributed by atoms with E-state index in [-0.39, 0.29) is 22.6 Å². The summed E-state index contributed by atoms with van der Waals surface area (Å²) in [6.45, 7) is 6.97. The summed E-state index contributed by atoms with van der Waals surface area (Å²) in [5.74, 6) is 0.914. The Bertz CT molecular complexity index is 1160. The number of benzene rings is 3. The van der Waals surface area contributed by atoms with Crippen molar-refractivity contribution in [3.8, 4) is 5.75 Å². The van der Waals surface area contributed by atoms with Gasteiger partial charge in [-0.15, -0.1) is 11.8 Å². The molecule has 35 heavy (non-hydrogen) atoms. The number of nitrogens with one attached hydrogen (secondary N) is 1. The minimum atomic E-state index is -0.564. The molecule has 3 aromatic rings. The molecule has 0 aliphatic carbocycles. The number of methoxy groups -OCH3 is 1. The molecule has 6 heteroatoms. The Hall–Kier alpha value is -3.25. The maximum Gasteiger partial charge on any atom is 0.255 e. The minimum absolute atomic E-state index is 0.0415. The first kappa shape index (κ1) is 24.9. The summed E-state index contributed by atoms with van der Waals surface area (Å²) in [5.41, 5.74) is 3.84. The Morgan fingerprint density at radius 2 is 1.63 bits per heavy atom. The van der Waals surface area contributed by atoms with E-state index in [1.165, 1.54) is 5.56 Å². The molecule has 0 bridgehead atoms. The van der Waals surface area contributed by atoms with Crippen LogP contribution in [0.4, 0.5) is 0 Å². The van der Waals surface area contributed by atoms with E-state index in [0.717, 1.165) is 11.1 Å². The third-order valence-electron chi connectivity index (χ3n) is 6.25. The number of hydrogen-bond acceptors (Lipinski definition) is 4. The lowest BCUT2D eigenvalue weighted by molar-refractivity contribution is -0.125. The standard InChI is InChI=1S/C29H32N2O3S/c1-29(2,3)23-14-10-22(11-15-23)28-31(27(33)21-12-16-24(34-4)17-13-21)25(19-35-28)26(32)30-18-20-8-6-5-7-9-20/h5-17,25,28H,18-19H2,1-4H3,(H,30,32). The fourth-order valence-electron chi connectivity index (χ4n) is 4.15. The fourth-order valence-corrected chi connectivity index (χ4v) is 5.58. The highest BCUT2D eigenvalue weighted by Crippen LogP contribution is 2.43. The van der Waals surface area contributed by atoms with Crippen LogP contribution in [0.15, 0.2) is 78.9 Å². The third kappa shape index (κ3) is 5.70. The predicted octanol–water partition coefficient (Wildman–Crippen LogP) is 5.57. The quantitative estimate of drug-likeness (QED) is 0.493. The van der Waals surface area contributed by atoms with Gasteiger partial charge in [-0.2, -0.15) is 0 Å². The van der Waals surface area contributed by atoms with E-state index >= 15 is 0 Å². The van der Waals surface area contributed by atoms with E-state index < -0.39 is 6.04 Å². The van der Waals surface area contributed by atoms with E-state index in [9.17, 15) is 9.59 Å². The number of amides is 2. The molecule has 2 unspecified atom stereocenters. The molecule has 182 valence electrons. The normalized spacial score (nSPS) is 17.8. The van der Waals surface area contributed by atoms with Crippen molar-refractivity contribution in [2.75, 3.05) is 12.9 Å². The Morgan fingerprint density at radius 1 is 0.971 bits per heavy atom. The second-order valence-electron chi connectivity index (χ2n) is 9.72. The van der Waals surface area contributed by atoms with Gasteiger partial charge < -0.3 is 15.0 Å². The Balaban J connectivity index is 1.61. The molecule has 1 aliphatic heterocycles. The van der Waals surface area contributed by atoms with Crippen molar-refractivity contribution >= 4 is 23.6 Å². The molecule has 0 saturated carbocycles. The number of hydrogen-bond donors (Lipinski definition) is 1. The van der Waals surface area contributed by atoms with Gasteiger partial charge in [-0.05, 0) is 46.4 Å². The first-order valence-electron chi connectivity index (χ1n) is 11.8. The summed E-state index contributed by atoms with van der Waals surface area (Å²) in [6, 6.07) is 24.7. The number of ether oxygens (including phenoxy) is 1. The fraction of sp³-hybridized carbons (Fsp3) is 0.310. The Labute approximate surface area is 211 Å². The molecule has 5 nitrogen and oxygen atoms in total. The van der Waals surface area contributed by atoms with Crippen molar-refractivity contribution in [1.29, 1.82) is 0 Å². The van der Waals surface area contributed by atoms with Crippen LogP contribution in [0, 0.1) is 0 Å². The molecule has 3 aromatic carbocycles. The van der Waals surface area contributed by atoms with Crippen molar-refractivity contribution in [3.63, 3.8) is 0 Å². The largest absolute Gasteiger partial charge is 0.497 e. The first-order chi connectivity index (χ1) is 16.8. The van der Waals surface area contributed by atoms with E-state index in [1.54, 1.807) is 48.0 Å². The van der Waals surface area contributed by atoms with Crippen molar-refractivity contribution in [3.05, 3.63) is 101 Å². The maximum absolute atomic E-state index is 13.7. The van der Waals surface area contributed by atoms with Gasteiger partial charge in [0, 0.05) is 17.9 Å². The molecular weight excluding hydrogens is 456 g/mol. The van der Waals surface area contributed by atoms with Gasteiger partial charge in [0.1, 0.15) is 17.2 Å². The predicted molar refractivity (Wildman–Crippen MR) is 142 cm³/mol. The highest BCUT2D eigenvalue weighted by molar-refractivity contribution is 7.99. The molecule has 0 radical (unpaired) electrons. The molecule has 0 spiro atoms. The maximum atomic E-state index is 13.7. The van der Waals surface area contributed by atoms with Gasteiger partial charge in [0.15, 0.2) is 0 Å². The molecule has 2 atom stereocenters. The number of nitrogens with zero attached hydrogens (tertiary/aromatic N) is 1. The zero-order chi connectivity index (χ0) is 25.0. The lowest BCUT2D eigenvalue weighted by Crippen LogP contribution is -2.47. The summed E-state index contributed by atoms with van der Waals surface area (Å²) in [5, 5.41) is 2.79. The zero-order valence-corrected chi connectivity index (χ0v) is 21.5.